The Morgan fingerprint density at radius 3 is 2.56 bits per heavy atom. The van der Waals surface area contributed by atoms with E-state index in [1.54, 1.807) is 38.5 Å². The van der Waals surface area contributed by atoms with E-state index < -0.39 is 0 Å². The second-order valence-corrected chi connectivity index (χ2v) is 5.89. The van der Waals surface area contributed by atoms with E-state index in [4.69, 9.17) is 21.1 Å². The number of carbonyl (C=O) groups is 1. The van der Waals surface area contributed by atoms with Gasteiger partial charge < -0.3 is 14.8 Å². The zero-order valence-electron chi connectivity index (χ0n) is 13.9. The molecule has 128 valence electrons. The van der Waals surface area contributed by atoms with Crippen molar-refractivity contribution < 1.29 is 14.3 Å². The average Bonchev–Trinajstić information content (AvgIpc) is 2.96. The van der Waals surface area contributed by atoms with Gasteiger partial charge in [0.1, 0.15) is 23.0 Å². The maximum Gasteiger partial charge on any atom is 0.275 e. The van der Waals surface area contributed by atoms with Crippen molar-refractivity contribution >= 4 is 29.4 Å². The number of rotatable bonds is 5. The van der Waals surface area contributed by atoms with Gasteiger partial charge in [-0.3, -0.25) is 4.79 Å². The maximum absolute atomic E-state index is 12.2. The smallest absolute Gasteiger partial charge is 0.275 e. The quantitative estimate of drug-likeness (QED) is 0.834. The Morgan fingerprint density at radius 1 is 1.12 bits per heavy atom. The standard InChI is InChI=1S/C19H17ClN2O3/c1-24-15-7-8-17(25-2)13(10-15)11-16-19(23)22-18(21-16)9-12-3-5-14(20)6-4-12/h3-8,10-11H,9H2,1-2H3,(H,21,22,23)/b16-11-. The van der Waals surface area contributed by atoms with Crippen LogP contribution in [-0.4, -0.2) is 26.0 Å². The third-order valence-corrected chi connectivity index (χ3v) is 4.01. The van der Waals surface area contributed by atoms with Gasteiger partial charge in [-0.15, -0.1) is 0 Å². The van der Waals surface area contributed by atoms with E-state index in [0.717, 1.165) is 11.1 Å². The molecule has 0 aliphatic carbocycles. The van der Waals surface area contributed by atoms with Crippen LogP contribution >= 0.6 is 11.6 Å². The molecule has 6 heteroatoms. The SMILES string of the molecule is COc1ccc(OC)c(/C=C2\N=C(Cc3ccc(Cl)cc3)NC2=O)c1. The summed E-state index contributed by atoms with van der Waals surface area (Å²) in [5.74, 6) is 1.67. The summed E-state index contributed by atoms with van der Waals surface area (Å²) in [6.07, 6.45) is 2.21. The van der Waals surface area contributed by atoms with Gasteiger partial charge in [-0.1, -0.05) is 23.7 Å². The Kier molecular flexibility index (Phi) is 5.05. The van der Waals surface area contributed by atoms with Crippen molar-refractivity contribution in [2.45, 2.75) is 6.42 Å². The van der Waals surface area contributed by atoms with Crippen molar-refractivity contribution in [2.24, 2.45) is 4.99 Å². The number of carbonyl (C=O) groups excluding carboxylic acids is 1. The summed E-state index contributed by atoms with van der Waals surface area (Å²) in [6, 6.07) is 12.8. The van der Waals surface area contributed by atoms with Crippen LogP contribution in [0.2, 0.25) is 5.02 Å². The van der Waals surface area contributed by atoms with Crippen LogP contribution < -0.4 is 14.8 Å². The fourth-order valence-corrected chi connectivity index (χ4v) is 2.62. The highest BCUT2D eigenvalue weighted by Gasteiger charge is 2.20. The molecule has 3 rings (SSSR count). The van der Waals surface area contributed by atoms with Crippen LogP contribution in [-0.2, 0) is 11.2 Å². The van der Waals surface area contributed by atoms with Crippen molar-refractivity contribution in [2.75, 3.05) is 14.2 Å². The van der Waals surface area contributed by atoms with Crippen LogP contribution in [0.3, 0.4) is 0 Å². The first-order chi connectivity index (χ1) is 12.1. The number of ether oxygens (including phenoxy) is 2. The molecule has 0 saturated heterocycles. The van der Waals surface area contributed by atoms with E-state index in [0.29, 0.717) is 34.5 Å². The van der Waals surface area contributed by atoms with Crippen LogP contribution in [0.1, 0.15) is 11.1 Å². The summed E-state index contributed by atoms with van der Waals surface area (Å²) < 4.78 is 10.6. The van der Waals surface area contributed by atoms with Crippen LogP contribution in [0.5, 0.6) is 11.5 Å². The molecular formula is C19H17ClN2O3. The molecule has 25 heavy (non-hydrogen) atoms. The summed E-state index contributed by atoms with van der Waals surface area (Å²) in [7, 11) is 3.16. The van der Waals surface area contributed by atoms with Crippen molar-refractivity contribution in [3.8, 4) is 11.5 Å². The first kappa shape index (κ1) is 17.0. The summed E-state index contributed by atoms with van der Waals surface area (Å²) in [4.78, 5) is 16.6. The number of methoxy groups -OCH3 is 2. The number of amides is 1. The van der Waals surface area contributed by atoms with Crippen molar-refractivity contribution in [3.63, 3.8) is 0 Å². The number of benzene rings is 2. The molecule has 0 bridgehead atoms. The minimum atomic E-state index is -0.242. The van der Waals surface area contributed by atoms with Gasteiger partial charge in [0, 0.05) is 17.0 Å². The summed E-state index contributed by atoms with van der Waals surface area (Å²) in [5.41, 5.74) is 2.07. The third kappa shape index (κ3) is 4.00. The van der Waals surface area contributed by atoms with Crippen LogP contribution in [0.25, 0.3) is 6.08 Å². The van der Waals surface area contributed by atoms with Gasteiger partial charge in [0.2, 0.25) is 0 Å². The highest BCUT2D eigenvalue weighted by Crippen LogP contribution is 2.27. The van der Waals surface area contributed by atoms with Crippen molar-refractivity contribution in [3.05, 3.63) is 64.3 Å². The number of hydrogen-bond acceptors (Lipinski definition) is 4. The molecule has 1 heterocycles. The number of aliphatic imine (C=N–C) groups is 1. The topological polar surface area (TPSA) is 59.9 Å². The second-order valence-electron chi connectivity index (χ2n) is 5.45. The van der Waals surface area contributed by atoms with Gasteiger partial charge in [-0.05, 0) is 42.0 Å². The third-order valence-electron chi connectivity index (χ3n) is 3.76. The van der Waals surface area contributed by atoms with Gasteiger partial charge in [-0.2, -0.15) is 0 Å². The fraction of sp³-hybridized carbons (Fsp3) is 0.158. The molecule has 2 aromatic carbocycles. The number of amidine groups is 1. The van der Waals surface area contributed by atoms with Gasteiger partial charge in [0.15, 0.2) is 0 Å². The molecule has 0 fully saturated rings. The summed E-state index contributed by atoms with van der Waals surface area (Å²) in [6.45, 7) is 0. The lowest BCUT2D eigenvalue weighted by Gasteiger charge is -2.07. The molecule has 1 aliphatic rings. The fourth-order valence-electron chi connectivity index (χ4n) is 2.50. The predicted molar refractivity (Wildman–Crippen MR) is 98.3 cm³/mol. The van der Waals surface area contributed by atoms with Crippen LogP contribution in [0.15, 0.2) is 53.2 Å². The Bertz CT molecular complexity index is 857. The molecule has 1 aliphatic heterocycles. The molecule has 0 unspecified atom stereocenters. The molecule has 0 spiro atoms. The van der Waals surface area contributed by atoms with E-state index in [9.17, 15) is 4.79 Å². The zero-order chi connectivity index (χ0) is 17.8. The molecular weight excluding hydrogens is 340 g/mol. The molecule has 1 N–H and O–H groups in total. The predicted octanol–water partition coefficient (Wildman–Crippen LogP) is 3.47. The van der Waals surface area contributed by atoms with E-state index in [-0.39, 0.29) is 5.91 Å². The lowest BCUT2D eigenvalue weighted by Crippen LogP contribution is -2.25. The average molecular weight is 357 g/mol. The Labute approximate surface area is 150 Å². The first-order valence-electron chi connectivity index (χ1n) is 7.66. The zero-order valence-corrected chi connectivity index (χ0v) is 14.6. The monoisotopic (exact) mass is 356 g/mol. The lowest BCUT2D eigenvalue weighted by atomic mass is 10.1. The minimum absolute atomic E-state index is 0.242. The molecule has 0 aromatic heterocycles. The first-order valence-corrected chi connectivity index (χ1v) is 8.04. The Morgan fingerprint density at radius 2 is 1.88 bits per heavy atom. The molecule has 0 radical (unpaired) electrons. The van der Waals surface area contributed by atoms with Crippen molar-refractivity contribution in [1.82, 2.24) is 5.32 Å². The summed E-state index contributed by atoms with van der Waals surface area (Å²) >= 11 is 5.89. The normalized spacial score (nSPS) is 15.1. The van der Waals surface area contributed by atoms with Gasteiger partial charge in [-0.25, -0.2) is 4.99 Å². The number of hydrogen-bond donors (Lipinski definition) is 1. The van der Waals surface area contributed by atoms with Gasteiger partial charge in [0.25, 0.3) is 5.91 Å². The Balaban J connectivity index is 1.87. The lowest BCUT2D eigenvalue weighted by molar-refractivity contribution is -0.115. The summed E-state index contributed by atoms with van der Waals surface area (Å²) in [5, 5.41) is 3.46. The van der Waals surface area contributed by atoms with Crippen molar-refractivity contribution in [1.29, 1.82) is 0 Å². The largest absolute Gasteiger partial charge is 0.497 e. The molecule has 5 nitrogen and oxygen atoms in total. The van der Waals surface area contributed by atoms with Gasteiger partial charge in [0.05, 0.1) is 14.2 Å². The van der Waals surface area contributed by atoms with Gasteiger partial charge >= 0.3 is 0 Å². The van der Waals surface area contributed by atoms with Crippen LogP contribution in [0.4, 0.5) is 0 Å². The van der Waals surface area contributed by atoms with Crippen LogP contribution in [0, 0.1) is 0 Å². The number of nitrogens with one attached hydrogen (secondary N) is 1. The number of halogens is 1. The second kappa shape index (κ2) is 7.40. The number of nitrogens with zero attached hydrogens (tertiary/aromatic N) is 1. The highest BCUT2D eigenvalue weighted by atomic mass is 35.5. The van der Waals surface area contributed by atoms with E-state index in [1.165, 1.54) is 0 Å². The Hall–Kier alpha value is -2.79. The highest BCUT2D eigenvalue weighted by molar-refractivity contribution is 6.30. The molecule has 0 saturated carbocycles. The molecule has 1 amide bonds. The van der Waals surface area contributed by atoms with E-state index in [2.05, 4.69) is 10.3 Å². The minimum Gasteiger partial charge on any atom is -0.497 e. The van der Waals surface area contributed by atoms with E-state index >= 15 is 0 Å². The molecule has 2 aromatic rings. The molecule has 0 atom stereocenters. The van der Waals surface area contributed by atoms with E-state index in [1.807, 2.05) is 24.3 Å². The maximum atomic E-state index is 12.2.